The highest BCUT2D eigenvalue weighted by atomic mass is 79.9. The minimum atomic E-state index is -0.481. The third-order valence-corrected chi connectivity index (χ3v) is 12.1. The topological polar surface area (TPSA) is 128 Å². The number of methoxy groups -OCH3 is 2. The molecule has 4 aliphatic heterocycles. The zero-order chi connectivity index (χ0) is 44.4. The van der Waals surface area contributed by atoms with Gasteiger partial charge in [-0.3, -0.25) is 9.80 Å². The minimum Gasteiger partial charge on any atom is -0.495 e. The van der Waals surface area contributed by atoms with Crippen molar-refractivity contribution in [2.75, 3.05) is 45.3 Å². The van der Waals surface area contributed by atoms with Crippen molar-refractivity contribution in [3.8, 4) is 23.1 Å². The predicted molar refractivity (Wildman–Crippen MR) is 242 cm³/mol. The lowest BCUT2D eigenvalue weighted by atomic mass is 10.1. The molecule has 4 aromatic rings. The fraction of sp³-hybridized carbons (Fsp3) is 0.565. The van der Waals surface area contributed by atoms with E-state index >= 15 is 0 Å². The number of rotatable bonds is 5. The van der Waals surface area contributed by atoms with Crippen LogP contribution in [0.1, 0.15) is 90.0 Å². The summed E-state index contributed by atoms with van der Waals surface area (Å²) in [7, 11) is 3.35. The van der Waals surface area contributed by atoms with Gasteiger partial charge in [-0.15, -0.1) is 0 Å². The van der Waals surface area contributed by atoms with E-state index in [1.807, 2.05) is 69.7 Å². The van der Waals surface area contributed by atoms with Gasteiger partial charge in [0.2, 0.25) is 0 Å². The molecule has 4 aromatic heterocycles. The highest BCUT2D eigenvalue weighted by Gasteiger charge is 2.45. The van der Waals surface area contributed by atoms with Crippen LogP contribution >= 0.6 is 15.9 Å². The molecule has 61 heavy (non-hydrogen) atoms. The first kappa shape index (κ1) is 45.8. The number of carbonyl (C=O) groups is 2. The molecular weight excluding hydrogens is 840 g/mol. The highest BCUT2D eigenvalue weighted by molar-refractivity contribution is 9.10. The second-order valence-electron chi connectivity index (χ2n) is 18.4. The largest absolute Gasteiger partial charge is 0.495 e. The van der Waals surface area contributed by atoms with Crippen LogP contribution in [0.2, 0.25) is 0 Å². The Morgan fingerprint density at radius 3 is 1.46 bits per heavy atom. The van der Waals surface area contributed by atoms with Crippen LogP contribution in [0.4, 0.5) is 15.3 Å². The van der Waals surface area contributed by atoms with Gasteiger partial charge in [-0.05, 0) is 135 Å². The van der Waals surface area contributed by atoms with Crippen LogP contribution in [0.25, 0.3) is 11.6 Å². The van der Waals surface area contributed by atoms with E-state index < -0.39 is 5.60 Å². The van der Waals surface area contributed by atoms with Crippen LogP contribution in [-0.4, -0.2) is 117 Å². The molecule has 4 bridgehead atoms. The lowest BCUT2D eigenvalue weighted by Crippen LogP contribution is -2.56. The number of nitrogens with one attached hydrogen (secondary N) is 1. The summed E-state index contributed by atoms with van der Waals surface area (Å²) in [5.74, 6) is 3.32. The minimum absolute atomic E-state index is 0.142. The van der Waals surface area contributed by atoms with Crippen molar-refractivity contribution in [2.24, 2.45) is 0 Å². The number of hydrogen-bond acceptors (Lipinski definition) is 10. The van der Waals surface area contributed by atoms with Crippen LogP contribution < -0.4 is 19.7 Å². The van der Waals surface area contributed by atoms with Gasteiger partial charge in [-0.1, -0.05) is 0 Å². The molecule has 332 valence electrons. The number of carbonyl (C=O) groups excluding carboxylic acids is 2. The molecule has 15 heteroatoms. The van der Waals surface area contributed by atoms with Gasteiger partial charge in [0.15, 0.2) is 0 Å². The molecule has 8 rings (SSSR count). The first-order chi connectivity index (χ1) is 28.8. The van der Waals surface area contributed by atoms with Crippen molar-refractivity contribution in [3.63, 3.8) is 0 Å². The molecule has 4 atom stereocenters. The van der Waals surface area contributed by atoms with Crippen molar-refractivity contribution in [2.45, 2.75) is 130 Å². The quantitative estimate of drug-likeness (QED) is 0.208. The summed E-state index contributed by atoms with van der Waals surface area (Å²) in [6.45, 7) is 23.1. The van der Waals surface area contributed by atoms with Crippen LogP contribution in [0, 0.1) is 27.7 Å². The average molecular weight is 906 g/mol. The smallest absolute Gasteiger partial charge is 0.410 e. The molecule has 0 spiro atoms. The molecule has 14 nitrogen and oxygen atoms in total. The SMILES string of the molecule is CC(C)(C)OC(=O)N1C2CCC1CNC2.COc1cc(-n2c(C)ccc2C)ncc1Br.COc1cc(-n2c(C)ccc2C)ncc1N1CC2CCC(C1)N2C(=O)OC(C)(C)C. The summed E-state index contributed by atoms with van der Waals surface area (Å²) in [6, 6.07) is 13.2. The van der Waals surface area contributed by atoms with Crippen LogP contribution in [0.15, 0.2) is 53.3 Å². The van der Waals surface area contributed by atoms with E-state index in [1.54, 1.807) is 20.4 Å². The highest BCUT2D eigenvalue weighted by Crippen LogP contribution is 2.38. The third-order valence-electron chi connectivity index (χ3n) is 11.5. The zero-order valence-corrected chi connectivity index (χ0v) is 39.6. The number of piperazine rings is 2. The summed E-state index contributed by atoms with van der Waals surface area (Å²) in [4.78, 5) is 40.0. The molecule has 0 radical (unpaired) electrons. The van der Waals surface area contributed by atoms with Crippen molar-refractivity contribution in [3.05, 3.63) is 76.0 Å². The first-order valence-electron chi connectivity index (χ1n) is 21.3. The van der Waals surface area contributed by atoms with Crippen molar-refractivity contribution < 1.29 is 28.5 Å². The maximum atomic E-state index is 12.7. The van der Waals surface area contributed by atoms with Crippen LogP contribution in [0.5, 0.6) is 11.5 Å². The summed E-state index contributed by atoms with van der Waals surface area (Å²) in [5.41, 5.74) is 4.71. The van der Waals surface area contributed by atoms with E-state index in [1.165, 1.54) is 0 Å². The number of nitrogens with zero attached hydrogens (tertiary/aromatic N) is 7. The predicted octanol–water partition coefficient (Wildman–Crippen LogP) is 8.70. The molecule has 4 saturated heterocycles. The van der Waals surface area contributed by atoms with Gasteiger partial charge in [-0.2, -0.15) is 0 Å². The lowest BCUT2D eigenvalue weighted by molar-refractivity contribution is 0.00973. The summed E-state index contributed by atoms with van der Waals surface area (Å²) in [6.07, 6.45) is 7.52. The number of aryl methyl sites for hydroxylation is 4. The number of amides is 2. The number of fused-ring (bicyclic) bond motifs is 4. The number of halogens is 1. The molecule has 4 aliphatic rings. The molecule has 8 heterocycles. The second kappa shape index (κ2) is 18.7. The Morgan fingerprint density at radius 2 is 1.03 bits per heavy atom. The Hall–Kier alpha value is -4.76. The summed E-state index contributed by atoms with van der Waals surface area (Å²) in [5, 5.41) is 3.35. The third kappa shape index (κ3) is 10.7. The first-order valence-corrected chi connectivity index (χ1v) is 22.1. The molecule has 0 aliphatic carbocycles. The molecule has 0 aromatic carbocycles. The zero-order valence-electron chi connectivity index (χ0n) is 38.0. The number of ether oxygens (including phenoxy) is 4. The van der Waals surface area contributed by atoms with E-state index in [2.05, 4.69) is 92.2 Å². The Balaban J connectivity index is 0.000000169. The standard InChI is InChI=1S/C23H32N4O3.C12H13BrN2O.C11H20N2O2/c1-15-7-8-16(2)26(15)21-11-20(29-6)19(12-24-21)25-13-17-9-10-18(14-25)27(17)22(28)30-23(3,4)5;1-8-4-5-9(2)15(8)12-6-11(16-3)10(13)7-14-12;1-11(2,3)15-10(14)13-8-4-5-9(13)7-12-6-8/h7-8,11-12,17-18H,9-10,13-14H2,1-6H3;4-7H,1-3H3;8-9,12H,4-7H2,1-3H3. The molecule has 2 amide bonds. The molecule has 4 unspecified atom stereocenters. The second-order valence-corrected chi connectivity index (χ2v) is 19.3. The van der Waals surface area contributed by atoms with E-state index in [4.69, 9.17) is 23.9 Å². The van der Waals surface area contributed by atoms with Gasteiger partial charge in [0.05, 0.1) is 42.7 Å². The maximum Gasteiger partial charge on any atom is 0.410 e. The summed E-state index contributed by atoms with van der Waals surface area (Å²) < 4.78 is 27.2. The molecule has 0 saturated carbocycles. The van der Waals surface area contributed by atoms with E-state index in [0.29, 0.717) is 12.1 Å². The Morgan fingerprint density at radius 1 is 0.639 bits per heavy atom. The number of hydrogen-bond donors (Lipinski definition) is 1. The van der Waals surface area contributed by atoms with E-state index in [0.717, 1.165) is 108 Å². The van der Waals surface area contributed by atoms with Gasteiger partial charge in [0.25, 0.3) is 0 Å². The average Bonchev–Trinajstić information content (AvgIpc) is 3.88. The van der Waals surface area contributed by atoms with Gasteiger partial charge in [0, 0.05) is 79.4 Å². The number of anilines is 1. The molecule has 4 fully saturated rings. The van der Waals surface area contributed by atoms with Gasteiger partial charge >= 0.3 is 12.2 Å². The maximum absolute atomic E-state index is 12.7. The van der Waals surface area contributed by atoms with Crippen molar-refractivity contribution >= 4 is 33.8 Å². The van der Waals surface area contributed by atoms with Gasteiger partial charge < -0.3 is 38.3 Å². The van der Waals surface area contributed by atoms with E-state index in [-0.39, 0.29) is 29.9 Å². The number of pyridine rings is 2. The van der Waals surface area contributed by atoms with Crippen LogP contribution in [0.3, 0.4) is 0 Å². The lowest BCUT2D eigenvalue weighted by Gasteiger charge is -2.42. The Kier molecular flexibility index (Phi) is 14.0. The molecule has 1 N–H and O–H groups in total. The van der Waals surface area contributed by atoms with Gasteiger partial charge in [-0.25, -0.2) is 19.6 Å². The van der Waals surface area contributed by atoms with Crippen LogP contribution in [-0.2, 0) is 9.47 Å². The van der Waals surface area contributed by atoms with Crippen molar-refractivity contribution in [1.82, 2.24) is 34.2 Å². The normalized spacial score (nSPS) is 20.6. The Labute approximate surface area is 370 Å². The monoisotopic (exact) mass is 904 g/mol. The van der Waals surface area contributed by atoms with Gasteiger partial charge in [0.1, 0.15) is 34.3 Å². The Bertz CT molecular complexity index is 2100. The summed E-state index contributed by atoms with van der Waals surface area (Å²) >= 11 is 3.39. The fourth-order valence-electron chi connectivity index (χ4n) is 8.79. The van der Waals surface area contributed by atoms with E-state index in [9.17, 15) is 9.59 Å². The fourth-order valence-corrected chi connectivity index (χ4v) is 9.17. The number of aromatic nitrogens is 4. The van der Waals surface area contributed by atoms with Crippen molar-refractivity contribution in [1.29, 1.82) is 0 Å². The molecular formula is C46H65BrN8O6.